The Kier molecular flexibility index (Phi) is 5.56. The number of nitrogens with one attached hydrogen (secondary N) is 1. The maximum absolute atomic E-state index is 12.6. The SMILES string of the molecule is COc1cccc(CS(=O)(=O)Nc2ccc(C3c4ccccc4CN3C(N)=O)cc2)c1. The molecule has 0 aliphatic carbocycles. The van der Waals surface area contributed by atoms with E-state index in [4.69, 9.17) is 10.5 Å². The van der Waals surface area contributed by atoms with E-state index in [1.165, 1.54) is 7.11 Å². The van der Waals surface area contributed by atoms with Crippen molar-refractivity contribution in [3.8, 4) is 5.75 Å². The first-order valence-electron chi connectivity index (χ1n) is 9.73. The van der Waals surface area contributed by atoms with Gasteiger partial charge in [0.2, 0.25) is 10.0 Å². The van der Waals surface area contributed by atoms with Gasteiger partial charge in [-0.05, 0) is 46.5 Å². The number of benzene rings is 3. The van der Waals surface area contributed by atoms with Gasteiger partial charge in [0.05, 0.1) is 18.9 Å². The second kappa shape index (κ2) is 8.31. The molecule has 3 N–H and O–H groups in total. The fraction of sp³-hybridized carbons (Fsp3) is 0.174. The van der Waals surface area contributed by atoms with Gasteiger partial charge in [-0.3, -0.25) is 4.72 Å². The molecule has 1 atom stereocenters. The molecule has 0 spiro atoms. The summed E-state index contributed by atoms with van der Waals surface area (Å²) < 4.78 is 32.9. The van der Waals surface area contributed by atoms with Gasteiger partial charge in [0.25, 0.3) is 0 Å². The number of nitrogens with zero attached hydrogens (tertiary/aromatic N) is 1. The van der Waals surface area contributed by atoms with Crippen LogP contribution in [0.25, 0.3) is 0 Å². The second-order valence-electron chi connectivity index (χ2n) is 7.40. The number of amides is 2. The summed E-state index contributed by atoms with van der Waals surface area (Å²) in [5.41, 5.74) is 9.61. The van der Waals surface area contributed by atoms with Crippen LogP contribution in [0.4, 0.5) is 10.5 Å². The molecule has 0 saturated heterocycles. The summed E-state index contributed by atoms with van der Waals surface area (Å²) in [7, 11) is -2.07. The fourth-order valence-corrected chi connectivity index (χ4v) is 5.07. The molecule has 0 bridgehead atoms. The quantitative estimate of drug-likeness (QED) is 0.615. The summed E-state index contributed by atoms with van der Waals surface area (Å²) in [6.07, 6.45) is 0. The number of primary amides is 1. The van der Waals surface area contributed by atoms with Gasteiger partial charge < -0.3 is 15.4 Å². The summed E-state index contributed by atoms with van der Waals surface area (Å²) in [6.45, 7) is 0.449. The summed E-state index contributed by atoms with van der Waals surface area (Å²) in [6, 6.07) is 21.0. The number of carbonyl (C=O) groups excluding carboxylic acids is 1. The Labute approximate surface area is 181 Å². The number of anilines is 1. The van der Waals surface area contributed by atoms with E-state index < -0.39 is 16.1 Å². The third kappa shape index (κ3) is 4.49. The zero-order chi connectivity index (χ0) is 22.0. The van der Waals surface area contributed by atoms with Gasteiger partial charge in [-0.2, -0.15) is 0 Å². The number of rotatable bonds is 6. The molecule has 0 fully saturated rings. The van der Waals surface area contributed by atoms with E-state index in [1.54, 1.807) is 41.3 Å². The Morgan fingerprint density at radius 2 is 1.84 bits per heavy atom. The van der Waals surface area contributed by atoms with E-state index in [0.29, 0.717) is 23.5 Å². The second-order valence-corrected chi connectivity index (χ2v) is 9.12. The molecule has 160 valence electrons. The van der Waals surface area contributed by atoms with Crippen LogP contribution in [0.5, 0.6) is 5.75 Å². The third-order valence-corrected chi connectivity index (χ3v) is 6.54. The molecule has 31 heavy (non-hydrogen) atoms. The van der Waals surface area contributed by atoms with Crippen molar-refractivity contribution >= 4 is 21.7 Å². The number of carbonyl (C=O) groups is 1. The number of methoxy groups -OCH3 is 1. The van der Waals surface area contributed by atoms with Crippen molar-refractivity contribution in [3.05, 3.63) is 95.1 Å². The highest BCUT2D eigenvalue weighted by atomic mass is 32.2. The maximum Gasteiger partial charge on any atom is 0.315 e. The van der Waals surface area contributed by atoms with Crippen LogP contribution in [0.15, 0.2) is 72.8 Å². The van der Waals surface area contributed by atoms with Gasteiger partial charge >= 0.3 is 6.03 Å². The van der Waals surface area contributed by atoms with Crippen molar-refractivity contribution in [3.63, 3.8) is 0 Å². The van der Waals surface area contributed by atoms with Crippen molar-refractivity contribution in [2.75, 3.05) is 11.8 Å². The number of ether oxygens (including phenoxy) is 1. The Hall–Kier alpha value is -3.52. The number of hydrogen-bond acceptors (Lipinski definition) is 4. The Morgan fingerprint density at radius 3 is 2.55 bits per heavy atom. The minimum absolute atomic E-state index is 0.169. The zero-order valence-corrected chi connectivity index (χ0v) is 17.8. The van der Waals surface area contributed by atoms with Crippen LogP contribution in [-0.4, -0.2) is 26.5 Å². The van der Waals surface area contributed by atoms with E-state index in [-0.39, 0.29) is 11.8 Å². The van der Waals surface area contributed by atoms with Crippen LogP contribution < -0.4 is 15.2 Å². The van der Waals surface area contributed by atoms with E-state index in [9.17, 15) is 13.2 Å². The van der Waals surface area contributed by atoms with E-state index in [2.05, 4.69) is 4.72 Å². The van der Waals surface area contributed by atoms with Crippen molar-refractivity contribution in [1.82, 2.24) is 4.90 Å². The van der Waals surface area contributed by atoms with Crippen molar-refractivity contribution in [2.45, 2.75) is 18.3 Å². The van der Waals surface area contributed by atoms with Crippen molar-refractivity contribution < 1.29 is 17.9 Å². The van der Waals surface area contributed by atoms with Crippen molar-refractivity contribution in [1.29, 1.82) is 0 Å². The van der Waals surface area contributed by atoms with Crippen LogP contribution in [-0.2, 0) is 22.3 Å². The molecule has 1 aliphatic rings. The van der Waals surface area contributed by atoms with Crippen LogP contribution in [0.1, 0.15) is 28.3 Å². The number of nitrogens with two attached hydrogens (primary N) is 1. The molecule has 7 nitrogen and oxygen atoms in total. The standard InChI is InChI=1S/C23H23N3O4S/c1-30-20-7-4-5-16(13-20)15-31(28,29)25-19-11-9-17(10-12-19)22-21-8-3-2-6-18(21)14-26(22)23(24)27/h2-13,22,25H,14-15H2,1H3,(H2,24,27). The molecule has 1 aliphatic heterocycles. The average molecular weight is 438 g/mol. The molecule has 3 aromatic rings. The molecular weight excluding hydrogens is 414 g/mol. The highest BCUT2D eigenvalue weighted by molar-refractivity contribution is 7.91. The van der Waals surface area contributed by atoms with Crippen LogP contribution >= 0.6 is 0 Å². The predicted molar refractivity (Wildman–Crippen MR) is 119 cm³/mol. The number of urea groups is 1. The number of hydrogen-bond donors (Lipinski definition) is 2. The largest absolute Gasteiger partial charge is 0.497 e. The average Bonchev–Trinajstić information content (AvgIpc) is 3.14. The lowest BCUT2D eigenvalue weighted by atomic mass is 9.98. The minimum Gasteiger partial charge on any atom is -0.497 e. The van der Waals surface area contributed by atoms with Gasteiger partial charge in [0.15, 0.2) is 0 Å². The third-order valence-electron chi connectivity index (χ3n) is 5.28. The smallest absolute Gasteiger partial charge is 0.315 e. The Balaban J connectivity index is 1.53. The first-order valence-corrected chi connectivity index (χ1v) is 11.4. The molecule has 1 unspecified atom stereocenters. The van der Waals surface area contributed by atoms with E-state index >= 15 is 0 Å². The molecule has 1 heterocycles. The highest BCUT2D eigenvalue weighted by Gasteiger charge is 2.33. The highest BCUT2D eigenvalue weighted by Crippen LogP contribution is 2.38. The summed E-state index contributed by atoms with van der Waals surface area (Å²) >= 11 is 0. The van der Waals surface area contributed by atoms with Crippen LogP contribution in [0.3, 0.4) is 0 Å². The van der Waals surface area contributed by atoms with Crippen LogP contribution in [0.2, 0.25) is 0 Å². The zero-order valence-electron chi connectivity index (χ0n) is 17.0. The maximum atomic E-state index is 12.6. The lowest BCUT2D eigenvalue weighted by Gasteiger charge is -2.24. The molecule has 0 aromatic heterocycles. The van der Waals surface area contributed by atoms with Gasteiger partial charge in [0.1, 0.15) is 5.75 Å². The molecule has 4 rings (SSSR count). The molecule has 8 heteroatoms. The van der Waals surface area contributed by atoms with Gasteiger partial charge in [-0.1, -0.05) is 48.5 Å². The van der Waals surface area contributed by atoms with Gasteiger partial charge in [-0.15, -0.1) is 0 Å². The number of sulfonamides is 1. The monoisotopic (exact) mass is 437 g/mol. The number of fused-ring (bicyclic) bond motifs is 1. The van der Waals surface area contributed by atoms with E-state index in [1.807, 2.05) is 36.4 Å². The predicted octanol–water partition coefficient (Wildman–Crippen LogP) is 3.62. The summed E-state index contributed by atoms with van der Waals surface area (Å²) in [4.78, 5) is 13.6. The first-order chi connectivity index (χ1) is 14.9. The topological polar surface area (TPSA) is 102 Å². The van der Waals surface area contributed by atoms with Gasteiger partial charge in [0, 0.05) is 12.2 Å². The Bertz CT molecular complexity index is 1210. The Morgan fingerprint density at radius 1 is 1.10 bits per heavy atom. The van der Waals surface area contributed by atoms with Gasteiger partial charge in [-0.25, -0.2) is 13.2 Å². The normalized spacial score (nSPS) is 15.4. The molecular formula is C23H23N3O4S. The van der Waals surface area contributed by atoms with Crippen molar-refractivity contribution in [2.24, 2.45) is 5.73 Å². The molecule has 0 radical (unpaired) electrons. The lowest BCUT2D eigenvalue weighted by Crippen LogP contribution is -2.34. The van der Waals surface area contributed by atoms with E-state index in [0.717, 1.165) is 16.7 Å². The summed E-state index contributed by atoms with van der Waals surface area (Å²) in [5.74, 6) is 0.435. The molecule has 2 amide bonds. The molecule has 0 saturated carbocycles. The summed E-state index contributed by atoms with van der Waals surface area (Å²) in [5, 5.41) is 0. The van der Waals surface area contributed by atoms with Crippen LogP contribution in [0, 0.1) is 0 Å². The lowest BCUT2D eigenvalue weighted by molar-refractivity contribution is 0.199. The molecule has 3 aromatic carbocycles. The fourth-order valence-electron chi connectivity index (χ4n) is 3.88. The first kappa shape index (κ1) is 20.7. The minimum atomic E-state index is -3.61.